The molecule has 0 radical (unpaired) electrons. The lowest BCUT2D eigenvalue weighted by atomic mass is 10.1. The number of amides is 5. The molecule has 9 aromatic rings. The Bertz CT molecular complexity index is 5330. The van der Waals surface area contributed by atoms with Crippen LogP contribution in [-0.2, 0) is 77.5 Å². The number of carboxylic acids is 2. The first-order valence-corrected chi connectivity index (χ1v) is 36.6. The van der Waals surface area contributed by atoms with Gasteiger partial charge in [-0.2, -0.15) is 0 Å². The molecule has 9 atom stereocenters. The number of carbonyl (C=O) groups excluding carboxylic acids is 10. The van der Waals surface area contributed by atoms with Crippen molar-refractivity contribution >= 4 is 151 Å². The first-order chi connectivity index (χ1) is 52.9. The summed E-state index contributed by atoms with van der Waals surface area (Å²) in [5.74, 6) is -5.51. The Balaban J connectivity index is 0.000000154. The number of aromatic carboxylic acids is 1. The first-order valence-electron chi connectivity index (χ1n) is 35.5. The Kier molecular flexibility index (Phi) is 25.2. The van der Waals surface area contributed by atoms with Crippen molar-refractivity contribution in [3.63, 3.8) is 0 Å². The Morgan fingerprint density at radius 2 is 0.821 bits per heavy atom. The van der Waals surface area contributed by atoms with Gasteiger partial charge in [0.05, 0.1) is 52.0 Å². The summed E-state index contributed by atoms with van der Waals surface area (Å²) < 4.78 is 56.2. The highest BCUT2D eigenvalue weighted by Gasteiger charge is 2.57. The van der Waals surface area contributed by atoms with Crippen LogP contribution in [0.4, 0.5) is 13.2 Å². The number of fused-ring (bicyclic) bond motifs is 6. The SMILES string of the molecule is CC(=O)c1cn(CC(=O)N2[C@@H]3C[C@@H]3C[C@H]2C(=O)NCc2cccc(Cl)c2F)c2ccc(C(=O)O)cc12.COC(=O)c1ccc2c(c1)c(C(C)=O)cn2CC(=O)N1[C@@H]2C[C@@H]2C[C@H]1C(=O)NCc1cccc(Cl)c1F.COC(=O)c1ccc2c(c1)c(C(C)=O)cn2CC(=O)O.Cl.O=C(NCc1cccc(Cl)c1F)[C@@H]1C[C@H]2C[C@H]2N1. The number of ether oxygens (including phenoxy) is 2. The minimum Gasteiger partial charge on any atom is -0.480 e. The standard InChI is InChI=1S/C27H25ClFN3O5.C26H23ClFN3O5.C14H13NO5.C13H14ClFN2O.ClH/c1-14(33)19-12-31(21-7-6-15(8-18(19)21)27(36)37-2)13-24(34)32-22-9-17(22)10-23(32)26(35)30-11-16-4-3-5-20(28)25(16)29;1-13(32)18-11-30(20-6-5-14(26(35)36)7-17(18)20)12-23(33)31-21-8-16(21)9-22(31)25(34)29-10-15-3-2-4-19(27)24(15)28;1-8(16)11-6-15(7-13(17)18)12-4-3-9(5-10(11)12)14(19)20-2;14-9-3-1-2-7(12(9)15)6-16-13(18)11-5-8-4-10(8)17-11;/h3-8,12,17,22-23H,9-11,13H2,1-2H3,(H,30,35);2-7,11,16,21-22H,8-10,12H2,1H3,(H,29,34)(H,35,36);3-6H,7H2,1-2H3,(H,17,18);1-3,8,10-11,17H,4-6H2,(H,16,18);1H/t17-,22-,23+;16-,21-,22+;;8-,10-,11+;/m11.1./s1. The smallest absolute Gasteiger partial charge is 0.337 e. The van der Waals surface area contributed by atoms with Gasteiger partial charge in [0.25, 0.3) is 0 Å². The predicted molar refractivity (Wildman–Crippen MR) is 408 cm³/mol. The Hall–Kier alpha value is -10.9. The van der Waals surface area contributed by atoms with Gasteiger partial charge in [-0.3, -0.25) is 43.2 Å². The van der Waals surface area contributed by atoms with Crippen LogP contribution in [0.3, 0.4) is 0 Å². The number of nitrogens with one attached hydrogen (secondary N) is 4. The van der Waals surface area contributed by atoms with Gasteiger partial charge in [0.2, 0.25) is 29.5 Å². The molecular formula is C80H76Cl4F3N9O16. The molecule has 112 heavy (non-hydrogen) atoms. The number of aromatic nitrogens is 3. The molecule has 6 heterocycles. The van der Waals surface area contributed by atoms with E-state index in [2.05, 4.69) is 26.0 Å². The molecule has 3 saturated heterocycles. The maximum Gasteiger partial charge on any atom is 0.337 e. The molecule has 6 aliphatic rings. The fourth-order valence-corrected chi connectivity index (χ4v) is 15.5. The van der Waals surface area contributed by atoms with Gasteiger partial charge < -0.3 is 64.5 Å². The molecule has 0 spiro atoms. The molecule has 25 nitrogen and oxygen atoms in total. The second-order valence-corrected chi connectivity index (χ2v) is 29.4. The van der Waals surface area contributed by atoms with E-state index in [1.54, 1.807) is 92.0 Å². The number of benzene rings is 6. The average molecular weight is 1620 g/mol. The van der Waals surface area contributed by atoms with Gasteiger partial charge in [-0.25, -0.2) is 27.6 Å². The monoisotopic (exact) mass is 1620 g/mol. The minimum absolute atomic E-state index is 0. The van der Waals surface area contributed by atoms with Gasteiger partial charge in [0, 0.05) is 122 Å². The number of methoxy groups -OCH3 is 2. The van der Waals surface area contributed by atoms with Crippen molar-refractivity contribution in [2.24, 2.45) is 17.8 Å². The van der Waals surface area contributed by atoms with Crippen LogP contribution in [-0.4, -0.2) is 155 Å². The molecule has 3 aliphatic carbocycles. The number of nitrogens with zero attached hydrogens (tertiary/aromatic N) is 5. The molecule has 32 heteroatoms. The van der Waals surface area contributed by atoms with E-state index in [1.165, 1.54) is 101 Å². The number of carboxylic acid groups (broad SMARTS) is 2. The van der Waals surface area contributed by atoms with E-state index < -0.39 is 53.4 Å². The largest absolute Gasteiger partial charge is 0.480 e. The molecule has 5 amide bonds. The zero-order chi connectivity index (χ0) is 79.7. The van der Waals surface area contributed by atoms with Crippen molar-refractivity contribution in [2.75, 3.05) is 14.2 Å². The molecule has 6 aromatic carbocycles. The molecule has 6 fully saturated rings. The molecule has 15 rings (SSSR count). The third kappa shape index (κ3) is 17.9. The van der Waals surface area contributed by atoms with Crippen molar-refractivity contribution < 1.29 is 90.4 Å². The molecular weight excluding hydrogens is 1540 g/mol. The number of piperidine rings is 3. The van der Waals surface area contributed by atoms with Crippen LogP contribution in [0.1, 0.15) is 138 Å². The number of Topliss-reactive ketones (excluding diaryl/α,β-unsaturated/α-hetero) is 3. The molecule has 6 N–H and O–H groups in total. The summed E-state index contributed by atoms with van der Waals surface area (Å²) in [5.41, 5.74) is 4.46. The molecule has 0 bridgehead atoms. The highest BCUT2D eigenvalue weighted by atomic mass is 35.5. The highest BCUT2D eigenvalue weighted by Crippen LogP contribution is 2.49. The second kappa shape index (κ2) is 34.4. The maximum absolute atomic E-state index is 14.2. The van der Waals surface area contributed by atoms with Crippen LogP contribution >= 0.6 is 47.2 Å². The Morgan fingerprint density at radius 1 is 0.464 bits per heavy atom. The third-order valence-electron chi connectivity index (χ3n) is 20.8. The van der Waals surface area contributed by atoms with Crippen LogP contribution in [0, 0.1) is 35.2 Å². The summed E-state index contributed by atoms with van der Waals surface area (Å²) in [4.78, 5) is 150. The topological polar surface area (TPSA) is 333 Å². The van der Waals surface area contributed by atoms with Crippen LogP contribution in [0.15, 0.2) is 128 Å². The van der Waals surface area contributed by atoms with E-state index in [9.17, 15) is 75.8 Å². The summed E-state index contributed by atoms with van der Waals surface area (Å²) in [7, 11) is 2.55. The van der Waals surface area contributed by atoms with Crippen molar-refractivity contribution in [3.05, 3.63) is 210 Å². The van der Waals surface area contributed by atoms with Crippen LogP contribution in [0.2, 0.25) is 15.1 Å². The summed E-state index contributed by atoms with van der Waals surface area (Å²) in [6.07, 6.45) is 9.47. The lowest BCUT2D eigenvalue weighted by Gasteiger charge is -2.27. The number of esters is 2. The van der Waals surface area contributed by atoms with Gasteiger partial charge in [0.1, 0.15) is 49.2 Å². The zero-order valence-electron chi connectivity index (χ0n) is 60.8. The number of halogens is 7. The summed E-state index contributed by atoms with van der Waals surface area (Å²) in [6, 6.07) is 27.0. The van der Waals surface area contributed by atoms with E-state index >= 15 is 0 Å². The molecule has 3 aliphatic heterocycles. The third-order valence-corrected chi connectivity index (χ3v) is 21.7. The van der Waals surface area contributed by atoms with E-state index in [1.807, 2.05) is 0 Å². The average Bonchev–Trinajstić information content (AvgIpc) is 1.58. The van der Waals surface area contributed by atoms with Crippen molar-refractivity contribution in [1.82, 2.24) is 44.8 Å². The molecule has 3 saturated carbocycles. The maximum atomic E-state index is 14.2. The van der Waals surface area contributed by atoms with Gasteiger partial charge in [-0.1, -0.05) is 71.2 Å². The Morgan fingerprint density at radius 3 is 1.16 bits per heavy atom. The van der Waals surface area contributed by atoms with E-state index in [4.69, 9.17) is 44.6 Å². The molecule has 0 unspecified atom stereocenters. The van der Waals surface area contributed by atoms with E-state index in [0.717, 1.165) is 19.3 Å². The number of likely N-dealkylation sites (tertiary alicyclic amines) is 2. The van der Waals surface area contributed by atoms with Crippen molar-refractivity contribution in [1.29, 1.82) is 0 Å². The van der Waals surface area contributed by atoms with Gasteiger partial charge >= 0.3 is 23.9 Å². The number of ketones is 3. The quantitative estimate of drug-likeness (QED) is 0.0287. The number of carbonyl (C=O) groups is 12. The predicted octanol–water partition coefficient (Wildman–Crippen LogP) is 11.4. The van der Waals surface area contributed by atoms with Crippen molar-refractivity contribution in [2.45, 2.75) is 135 Å². The van der Waals surface area contributed by atoms with Crippen molar-refractivity contribution in [3.8, 4) is 0 Å². The van der Waals surface area contributed by atoms with Crippen LogP contribution in [0.5, 0.6) is 0 Å². The highest BCUT2D eigenvalue weighted by molar-refractivity contribution is 6.31. The van der Waals surface area contributed by atoms with Gasteiger partial charge in [-0.05, 0) is 150 Å². The number of aliphatic carboxylic acids is 1. The number of rotatable bonds is 21. The summed E-state index contributed by atoms with van der Waals surface area (Å²) >= 11 is 17.3. The first kappa shape index (κ1) is 82.1. The van der Waals surface area contributed by atoms with E-state index in [-0.39, 0.29) is 160 Å². The number of hydrogen-bond donors (Lipinski definition) is 6. The lowest BCUT2D eigenvalue weighted by molar-refractivity contribution is -0.140. The van der Waals surface area contributed by atoms with E-state index in [0.29, 0.717) is 90.9 Å². The molecule has 586 valence electrons. The summed E-state index contributed by atoms with van der Waals surface area (Å²) in [6.45, 7) is 3.87. The van der Waals surface area contributed by atoms with Gasteiger partial charge in [0.15, 0.2) is 17.3 Å². The van der Waals surface area contributed by atoms with Crippen LogP contribution in [0.25, 0.3) is 32.7 Å². The lowest BCUT2D eigenvalue weighted by Crippen LogP contribution is -2.48. The van der Waals surface area contributed by atoms with Gasteiger partial charge in [-0.15, -0.1) is 12.4 Å². The van der Waals surface area contributed by atoms with Crippen LogP contribution < -0.4 is 21.3 Å². The summed E-state index contributed by atoms with van der Waals surface area (Å²) in [5, 5.41) is 31.2. The molecule has 3 aromatic heterocycles. The normalized spacial score (nSPS) is 19.7. The Labute approximate surface area is 659 Å². The zero-order valence-corrected chi connectivity index (χ0v) is 63.9. The fourth-order valence-electron chi connectivity index (χ4n) is 14.9. The number of hydrogen-bond acceptors (Lipinski definition) is 15. The minimum atomic E-state index is -1.11. The fraction of sp³-hybridized carbons (Fsp3) is 0.325. The second-order valence-electron chi connectivity index (χ2n) is 28.1.